The van der Waals surface area contributed by atoms with Crippen LogP contribution in [0.1, 0.15) is 57.9 Å². The van der Waals surface area contributed by atoms with Gasteiger partial charge in [-0.3, -0.25) is 14.5 Å². The Kier molecular flexibility index (Phi) is 4.46. The fourth-order valence-corrected chi connectivity index (χ4v) is 7.10. The number of benzene rings is 1. The maximum absolute atomic E-state index is 13.0. The van der Waals surface area contributed by atoms with Crippen molar-refractivity contribution in [2.45, 2.75) is 64.0 Å². The lowest BCUT2D eigenvalue weighted by molar-refractivity contribution is -0.136. The van der Waals surface area contributed by atoms with Gasteiger partial charge in [-0.1, -0.05) is 30.3 Å². The van der Waals surface area contributed by atoms with Gasteiger partial charge in [0.1, 0.15) is 12.1 Å². The first-order chi connectivity index (χ1) is 14.3. The van der Waals surface area contributed by atoms with E-state index in [0.29, 0.717) is 5.56 Å². The minimum absolute atomic E-state index is 0.0691. The number of imide groups is 1. The van der Waals surface area contributed by atoms with Gasteiger partial charge in [0.15, 0.2) is 0 Å². The average molecular weight is 410 g/mol. The van der Waals surface area contributed by atoms with E-state index in [1.54, 1.807) is 6.92 Å². The van der Waals surface area contributed by atoms with E-state index in [4.69, 9.17) is 0 Å². The van der Waals surface area contributed by atoms with Gasteiger partial charge in [-0.2, -0.15) is 0 Å². The molecule has 160 valence electrons. The number of carbonyl (C=O) groups is 3. The molecule has 6 heteroatoms. The molecule has 0 unspecified atom stereocenters. The van der Waals surface area contributed by atoms with E-state index in [1.807, 2.05) is 30.3 Å². The number of hydrogen-bond acceptors (Lipinski definition) is 3. The number of urea groups is 1. The Morgan fingerprint density at radius 2 is 1.67 bits per heavy atom. The van der Waals surface area contributed by atoms with E-state index >= 15 is 0 Å². The van der Waals surface area contributed by atoms with Crippen molar-refractivity contribution in [2.24, 2.45) is 23.2 Å². The topological polar surface area (TPSA) is 78.5 Å². The highest BCUT2D eigenvalue weighted by Gasteiger charge is 2.54. The second-order valence-corrected chi connectivity index (χ2v) is 10.4. The van der Waals surface area contributed by atoms with Crippen LogP contribution in [-0.2, 0) is 15.1 Å². The van der Waals surface area contributed by atoms with Crippen molar-refractivity contribution in [3.8, 4) is 0 Å². The molecular weight excluding hydrogens is 378 g/mol. The Balaban J connectivity index is 1.26. The SMILES string of the molecule is C[C@@H](NC(=O)CN1C(=O)N[C@@](C)(c2ccccc2)C1=O)C12CC3CC(CC(C3)C1)C2. The number of rotatable bonds is 5. The summed E-state index contributed by atoms with van der Waals surface area (Å²) in [7, 11) is 0. The van der Waals surface area contributed by atoms with Crippen molar-refractivity contribution in [2.75, 3.05) is 6.54 Å². The summed E-state index contributed by atoms with van der Waals surface area (Å²) >= 11 is 0. The van der Waals surface area contributed by atoms with Gasteiger partial charge in [-0.05, 0) is 81.1 Å². The third-order valence-corrected chi connectivity index (χ3v) is 8.31. The van der Waals surface area contributed by atoms with E-state index in [1.165, 1.54) is 38.5 Å². The van der Waals surface area contributed by atoms with Crippen LogP contribution in [0.25, 0.3) is 0 Å². The summed E-state index contributed by atoms with van der Waals surface area (Å²) in [6, 6.07) is 8.73. The van der Waals surface area contributed by atoms with Crippen LogP contribution < -0.4 is 10.6 Å². The van der Waals surface area contributed by atoms with Crippen LogP contribution in [0.4, 0.5) is 4.79 Å². The molecule has 6 nitrogen and oxygen atoms in total. The molecule has 1 aromatic carbocycles. The van der Waals surface area contributed by atoms with Gasteiger partial charge in [0.05, 0.1) is 0 Å². The second-order valence-electron chi connectivity index (χ2n) is 10.4. The molecule has 0 radical (unpaired) electrons. The molecule has 4 aliphatic carbocycles. The largest absolute Gasteiger partial charge is 0.352 e. The molecule has 4 saturated carbocycles. The summed E-state index contributed by atoms with van der Waals surface area (Å²) in [6.45, 7) is 3.58. The Morgan fingerprint density at radius 1 is 1.10 bits per heavy atom. The van der Waals surface area contributed by atoms with E-state index in [-0.39, 0.29) is 29.8 Å². The summed E-state index contributed by atoms with van der Waals surface area (Å²) < 4.78 is 0. The van der Waals surface area contributed by atoms with Gasteiger partial charge < -0.3 is 10.6 Å². The van der Waals surface area contributed by atoms with Crippen molar-refractivity contribution < 1.29 is 14.4 Å². The van der Waals surface area contributed by atoms with Crippen LogP contribution in [0.5, 0.6) is 0 Å². The summed E-state index contributed by atoms with van der Waals surface area (Å²) in [5, 5.41) is 5.93. The van der Waals surface area contributed by atoms with Gasteiger partial charge in [-0.25, -0.2) is 4.79 Å². The third-order valence-electron chi connectivity index (χ3n) is 8.31. The quantitative estimate of drug-likeness (QED) is 0.733. The zero-order valence-corrected chi connectivity index (χ0v) is 17.8. The predicted molar refractivity (Wildman–Crippen MR) is 112 cm³/mol. The first kappa shape index (κ1) is 19.6. The van der Waals surface area contributed by atoms with Gasteiger partial charge in [0.25, 0.3) is 5.91 Å². The average Bonchev–Trinajstić information content (AvgIpc) is 2.91. The monoisotopic (exact) mass is 409 g/mol. The highest BCUT2D eigenvalue weighted by atomic mass is 16.2. The summed E-state index contributed by atoms with van der Waals surface area (Å²) in [4.78, 5) is 39.5. The van der Waals surface area contributed by atoms with Crippen molar-refractivity contribution in [1.82, 2.24) is 15.5 Å². The first-order valence-electron chi connectivity index (χ1n) is 11.3. The smallest absolute Gasteiger partial charge is 0.325 e. The van der Waals surface area contributed by atoms with E-state index in [9.17, 15) is 14.4 Å². The highest BCUT2D eigenvalue weighted by molar-refractivity contribution is 6.09. The summed E-state index contributed by atoms with van der Waals surface area (Å²) in [6.07, 6.45) is 7.70. The van der Waals surface area contributed by atoms with Crippen molar-refractivity contribution in [3.05, 3.63) is 35.9 Å². The molecule has 30 heavy (non-hydrogen) atoms. The Morgan fingerprint density at radius 3 is 2.23 bits per heavy atom. The molecule has 1 aliphatic heterocycles. The number of nitrogens with zero attached hydrogens (tertiary/aromatic N) is 1. The number of carbonyl (C=O) groups excluding carboxylic acids is 3. The van der Waals surface area contributed by atoms with Crippen molar-refractivity contribution in [1.29, 1.82) is 0 Å². The fourth-order valence-electron chi connectivity index (χ4n) is 7.10. The van der Waals surface area contributed by atoms with E-state index in [2.05, 4.69) is 17.6 Å². The molecule has 5 aliphatic rings. The molecule has 5 fully saturated rings. The minimum atomic E-state index is -1.13. The highest BCUT2D eigenvalue weighted by Crippen LogP contribution is 2.61. The van der Waals surface area contributed by atoms with E-state index in [0.717, 1.165) is 22.7 Å². The normalized spacial score (nSPS) is 37.9. The van der Waals surface area contributed by atoms with Gasteiger partial charge in [0.2, 0.25) is 5.91 Å². The molecule has 4 bridgehead atoms. The minimum Gasteiger partial charge on any atom is -0.352 e. The van der Waals surface area contributed by atoms with Crippen LogP contribution >= 0.6 is 0 Å². The van der Waals surface area contributed by atoms with Crippen LogP contribution in [0.15, 0.2) is 30.3 Å². The molecule has 4 amide bonds. The van der Waals surface area contributed by atoms with Crippen LogP contribution in [0.2, 0.25) is 0 Å². The standard InChI is InChI=1S/C24H31N3O3/c1-15(24-11-16-8-17(12-24)10-18(9-16)13-24)25-20(28)14-27-21(29)23(2,26-22(27)30)19-6-4-3-5-7-19/h3-7,15-18H,8-14H2,1-2H3,(H,25,28)(H,26,30)/t15-,16?,17?,18?,23+,24?/m1/s1. The fraction of sp³-hybridized carbons (Fsp3) is 0.625. The maximum atomic E-state index is 13.0. The second kappa shape index (κ2) is 6.82. The molecule has 0 aromatic heterocycles. The third kappa shape index (κ3) is 3.03. The van der Waals surface area contributed by atoms with Crippen molar-refractivity contribution in [3.63, 3.8) is 0 Å². The van der Waals surface area contributed by atoms with Crippen molar-refractivity contribution >= 4 is 17.8 Å². The van der Waals surface area contributed by atoms with Crippen LogP contribution in [-0.4, -0.2) is 35.3 Å². The predicted octanol–water partition coefficient (Wildman–Crippen LogP) is 3.17. The summed E-state index contributed by atoms with van der Waals surface area (Å²) in [5.41, 5.74) is -0.224. The molecule has 2 atom stereocenters. The Labute approximate surface area is 177 Å². The van der Waals surface area contributed by atoms with Gasteiger partial charge >= 0.3 is 6.03 Å². The molecule has 1 aromatic rings. The number of nitrogens with one attached hydrogen (secondary N) is 2. The number of hydrogen-bond donors (Lipinski definition) is 2. The lowest BCUT2D eigenvalue weighted by atomic mass is 9.48. The lowest BCUT2D eigenvalue weighted by Gasteiger charge is -2.59. The maximum Gasteiger partial charge on any atom is 0.325 e. The molecule has 2 N–H and O–H groups in total. The molecule has 1 heterocycles. The summed E-state index contributed by atoms with van der Waals surface area (Å²) in [5.74, 6) is 1.81. The molecule has 6 rings (SSSR count). The molecule has 0 spiro atoms. The van der Waals surface area contributed by atoms with Gasteiger partial charge in [-0.15, -0.1) is 0 Å². The number of amides is 4. The van der Waals surface area contributed by atoms with E-state index < -0.39 is 11.6 Å². The Hall–Kier alpha value is -2.37. The van der Waals surface area contributed by atoms with Crippen LogP contribution in [0, 0.1) is 23.2 Å². The Bertz CT molecular complexity index is 848. The lowest BCUT2D eigenvalue weighted by Crippen LogP contribution is -2.57. The first-order valence-corrected chi connectivity index (χ1v) is 11.3. The van der Waals surface area contributed by atoms with Gasteiger partial charge in [0, 0.05) is 6.04 Å². The molecule has 1 saturated heterocycles. The van der Waals surface area contributed by atoms with Crippen LogP contribution in [0.3, 0.4) is 0 Å². The zero-order valence-electron chi connectivity index (χ0n) is 17.8. The molecular formula is C24H31N3O3. The zero-order chi connectivity index (χ0) is 21.1.